The maximum absolute atomic E-state index is 13.3. The molecule has 2 amide bonds. The van der Waals surface area contributed by atoms with Crippen LogP contribution >= 0.6 is 0 Å². The summed E-state index contributed by atoms with van der Waals surface area (Å²) in [4.78, 5) is 30.6. The van der Waals surface area contributed by atoms with Crippen LogP contribution in [0.15, 0.2) is 29.4 Å². The number of oxime groups is 1. The van der Waals surface area contributed by atoms with Crippen LogP contribution in [0.3, 0.4) is 0 Å². The van der Waals surface area contributed by atoms with Crippen LogP contribution in [0.25, 0.3) is 0 Å². The van der Waals surface area contributed by atoms with Crippen LogP contribution in [0.2, 0.25) is 0 Å². The standard InChI is InChI=1S/C17H22FN3O3/c1-11(2)9-19-16(22)10-21(3)17(23)15-8-14(20-24-15)12-5-4-6-13(18)7-12/h4-7,11,15H,8-10H2,1-3H3,(H,19,22)/t15-/m1/s1. The average Bonchev–Trinajstić information content (AvgIpc) is 3.02. The van der Waals surface area contributed by atoms with E-state index in [9.17, 15) is 14.0 Å². The van der Waals surface area contributed by atoms with Crippen molar-refractivity contribution in [2.45, 2.75) is 26.4 Å². The minimum Gasteiger partial charge on any atom is -0.382 e. The first-order valence-electron chi connectivity index (χ1n) is 7.87. The molecule has 1 aromatic rings. The highest BCUT2D eigenvalue weighted by molar-refractivity contribution is 6.04. The van der Waals surface area contributed by atoms with Crippen molar-refractivity contribution in [3.05, 3.63) is 35.6 Å². The Hall–Kier alpha value is -2.44. The third-order valence-corrected chi connectivity index (χ3v) is 3.57. The summed E-state index contributed by atoms with van der Waals surface area (Å²) in [7, 11) is 1.54. The summed E-state index contributed by atoms with van der Waals surface area (Å²) in [5.41, 5.74) is 1.10. The molecule has 0 bridgehead atoms. The van der Waals surface area contributed by atoms with E-state index in [1.807, 2.05) is 13.8 Å². The minimum absolute atomic E-state index is 0.0410. The van der Waals surface area contributed by atoms with E-state index in [2.05, 4.69) is 10.5 Å². The molecule has 130 valence electrons. The quantitative estimate of drug-likeness (QED) is 0.857. The summed E-state index contributed by atoms with van der Waals surface area (Å²) in [6.45, 7) is 4.51. The fourth-order valence-corrected chi connectivity index (χ4v) is 2.26. The number of rotatable bonds is 6. The number of halogens is 1. The van der Waals surface area contributed by atoms with E-state index in [-0.39, 0.29) is 30.6 Å². The Morgan fingerprint density at radius 2 is 2.21 bits per heavy atom. The molecular weight excluding hydrogens is 313 g/mol. The van der Waals surface area contributed by atoms with Crippen molar-refractivity contribution < 1.29 is 18.8 Å². The lowest BCUT2D eigenvalue weighted by Crippen LogP contribution is -2.43. The van der Waals surface area contributed by atoms with Gasteiger partial charge in [-0.25, -0.2) is 4.39 Å². The minimum atomic E-state index is -0.786. The zero-order valence-electron chi connectivity index (χ0n) is 14.1. The van der Waals surface area contributed by atoms with Crippen molar-refractivity contribution in [3.63, 3.8) is 0 Å². The Balaban J connectivity index is 1.87. The Morgan fingerprint density at radius 1 is 1.46 bits per heavy atom. The van der Waals surface area contributed by atoms with E-state index in [0.717, 1.165) is 0 Å². The van der Waals surface area contributed by atoms with E-state index in [1.165, 1.54) is 17.0 Å². The predicted molar refractivity (Wildman–Crippen MR) is 87.9 cm³/mol. The average molecular weight is 335 g/mol. The zero-order valence-corrected chi connectivity index (χ0v) is 14.1. The Bertz CT molecular complexity index is 646. The van der Waals surface area contributed by atoms with Gasteiger partial charge in [0.15, 0.2) is 0 Å². The van der Waals surface area contributed by atoms with Crippen molar-refractivity contribution >= 4 is 17.5 Å². The number of hydrogen-bond donors (Lipinski definition) is 1. The molecule has 24 heavy (non-hydrogen) atoms. The third-order valence-electron chi connectivity index (χ3n) is 3.57. The van der Waals surface area contributed by atoms with Crippen LogP contribution in [-0.2, 0) is 14.4 Å². The fourth-order valence-electron chi connectivity index (χ4n) is 2.26. The number of amides is 2. The highest BCUT2D eigenvalue weighted by Gasteiger charge is 2.31. The second-order valence-corrected chi connectivity index (χ2v) is 6.24. The SMILES string of the molecule is CC(C)CNC(=O)CN(C)C(=O)[C@H]1CC(c2cccc(F)c2)=NO1. The Morgan fingerprint density at radius 3 is 2.88 bits per heavy atom. The van der Waals surface area contributed by atoms with E-state index < -0.39 is 6.10 Å². The van der Waals surface area contributed by atoms with Crippen LogP contribution in [0.1, 0.15) is 25.8 Å². The van der Waals surface area contributed by atoms with Crippen molar-refractivity contribution in [3.8, 4) is 0 Å². The van der Waals surface area contributed by atoms with Gasteiger partial charge in [-0.3, -0.25) is 9.59 Å². The van der Waals surface area contributed by atoms with Gasteiger partial charge in [0.2, 0.25) is 12.0 Å². The summed E-state index contributed by atoms with van der Waals surface area (Å²) in [6.07, 6.45) is -0.536. The third kappa shape index (κ3) is 4.78. The smallest absolute Gasteiger partial charge is 0.267 e. The molecule has 0 radical (unpaired) electrons. The molecule has 1 atom stereocenters. The summed E-state index contributed by atoms with van der Waals surface area (Å²) in [6, 6.07) is 5.97. The largest absolute Gasteiger partial charge is 0.382 e. The molecule has 0 aromatic heterocycles. The molecule has 1 heterocycles. The lowest BCUT2D eigenvalue weighted by atomic mass is 10.0. The van der Waals surface area contributed by atoms with Gasteiger partial charge in [0.25, 0.3) is 5.91 Å². The molecule has 0 fully saturated rings. The van der Waals surface area contributed by atoms with Crippen LogP contribution in [0.5, 0.6) is 0 Å². The van der Waals surface area contributed by atoms with Crippen LogP contribution in [0.4, 0.5) is 4.39 Å². The van der Waals surface area contributed by atoms with E-state index in [1.54, 1.807) is 19.2 Å². The van der Waals surface area contributed by atoms with E-state index >= 15 is 0 Å². The highest BCUT2D eigenvalue weighted by Crippen LogP contribution is 2.18. The van der Waals surface area contributed by atoms with Crippen LogP contribution in [0, 0.1) is 11.7 Å². The molecule has 1 aliphatic rings. The van der Waals surface area contributed by atoms with Gasteiger partial charge >= 0.3 is 0 Å². The van der Waals surface area contributed by atoms with Crippen LogP contribution in [-0.4, -0.2) is 48.7 Å². The lowest BCUT2D eigenvalue weighted by molar-refractivity contribution is -0.143. The van der Waals surface area contributed by atoms with Gasteiger partial charge in [0.1, 0.15) is 5.82 Å². The van der Waals surface area contributed by atoms with Gasteiger partial charge in [-0.2, -0.15) is 0 Å². The van der Waals surface area contributed by atoms with Gasteiger partial charge in [0, 0.05) is 25.6 Å². The number of nitrogens with zero attached hydrogens (tertiary/aromatic N) is 2. The maximum atomic E-state index is 13.3. The molecule has 0 aliphatic carbocycles. The van der Waals surface area contributed by atoms with Gasteiger partial charge in [0.05, 0.1) is 12.3 Å². The van der Waals surface area contributed by atoms with E-state index in [0.29, 0.717) is 23.7 Å². The van der Waals surface area contributed by atoms with Crippen molar-refractivity contribution in [2.24, 2.45) is 11.1 Å². The molecule has 1 N–H and O–H groups in total. The Labute approximate surface area is 140 Å². The van der Waals surface area contributed by atoms with Gasteiger partial charge < -0.3 is 15.1 Å². The maximum Gasteiger partial charge on any atom is 0.267 e. The normalized spacial score (nSPS) is 16.5. The topological polar surface area (TPSA) is 71.0 Å². The fraction of sp³-hybridized carbons (Fsp3) is 0.471. The molecule has 2 rings (SSSR count). The first kappa shape index (κ1) is 17.9. The number of benzene rings is 1. The number of hydrogen-bond acceptors (Lipinski definition) is 4. The van der Waals surface area contributed by atoms with Crippen molar-refractivity contribution in [1.29, 1.82) is 0 Å². The van der Waals surface area contributed by atoms with Gasteiger partial charge in [-0.05, 0) is 18.1 Å². The second kappa shape index (κ2) is 7.90. The molecule has 0 saturated carbocycles. The predicted octanol–water partition coefficient (Wildman–Crippen LogP) is 1.55. The van der Waals surface area contributed by atoms with Crippen LogP contribution < -0.4 is 5.32 Å². The molecule has 0 saturated heterocycles. The molecule has 6 nitrogen and oxygen atoms in total. The molecular formula is C17H22FN3O3. The van der Waals surface area contributed by atoms with E-state index in [4.69, 9.17) is 4.84 Å². The second-order valence-electron chi connectivity index (χ2n) is 6.24. The number of likely N-dealkylation sites (N-methyl/N-ethyl adjacent to an activating group) is 1. The number of carbonyl (C=O) groups excluding carboxylic acids is 2. The highest BCUT2D eigenvalue weighted by atomic mass is 19.1. The first-order valence-corrected chi connectivity index (χ1v) is 7.87. The number of carbonyl (C=O) groups is 2. The number of nitrogens with one attached hydrogen (secondary N) is 1. The summed E-state index contributed by atoms with van der Waals surface area (Å²) >= 11 is 0. The summed E-state index contributed by atoms with van der Waals surface area (Å²) < 4.78 is 13.3. The van der Waals surface area contributed by atoms with Gasteiger partial charge in [-0.15, -0.1) is 0 Å². The molecule has 0 spiro atoms. The Kier molecular flexibility index (Phi) is 5.89. The monoisotopic (exact) mass is 335 g/mol. The molecule has 1 aliphatic heterocycles. The first-order chi connectivity index (χ1) is 11.4. The summed E-state index contributed by atoms with van der Waals surface area (Å²) in [5.74, 6) is -0.576. The molecule has 1 aromatic carbocycles. The van der Waals surface area contributed by atoms with Crippen molar-refractivity contribution in [2.75, 3.05) is 20.1 Å². The van der Waals surface area contributed by atoms with Gasteiger partial charge in [-0.1, -0.05) is 31.1 Å². The molecule has 0 unspecified atom stereocenters. The van der Waals surface area contributed by atoms with Crippen molar-refractivity contribution in [1.82, 2.24) is 10.2 Å². The zero-order chi connectivity index (χ0) is 17.7. The molecule has 7 heteroatoms. The lowest BCUT2D eigenvalue weighted by Gasteiger charge is -2.19. The summed E-state index contributed by atoms with van der Waals surface area (Å²) in [5, 5.41) is 6.63.